The van der Waals surface area contributed by atoms with E-state index in [-0.39, 0.29) is 12.0 Å². The van der Waals surface area contributed by atoms with Crippen molar-refractivity contribution in [2.24, 2.45) is 0 Å². The van der Waals surface area contributed by atoms with Gasteiger partial charge in [-0.2, -0.15) is 0 Å². The first-order chi connectivity index (χ1) is 9.76. The molecule has 0 spiro atoms. The van der Waals surface area contributed by atoms with Crippen molar-refractivity contribution in [3.63, 3.8) is 0 Å². The smallest absolute Gasteiger partial charge is 0.323 e. The van der Waals surface area contributed by atoms with Gasteiger partial charge in [0.2, 0.25) is 0 Å². The molecule has 0 aromatic heterocycles. The van der Waals surface area contributed by atoms with E-state index in [0.717, 1.165) is 25.6 Å². The highest BCUT2D eigenvalue weighted by Crippen LogP contribution is 2.22. The van der Waals surface area contributed by atoms with E-state index >= 15 is 0 Å². The van der Waals surface area contributed by atoms with Crippen molar-refractivity contribution in [2.75, 3.05) is 32.8 Å². The first kappa shape index (κ1) is 15.8. The maximum absolute atomic E-state index is 12.0. The first-order valence-electron chi connectivity index (χ1n) is 8.41. The number of ether oxygens (including phenoxy) is 1. The lowest BCUT2D eigenvalue weighted by Crippen LogP contribution is -2.51. The van der Waals surface area contributed by atoms with Crippen LogP contribution in [-0.4, -0.2) is 60.6 Å². The van der Waals surface area contributed by atoms with Gasteiger partial charge in [-0.1, -0.05) is 13.3 Å². The first-order valence-corrected chi connectivity index (χ1v) is 8.41. The van der Waals surface area contributed by atoms with Crippen molar-refractivity contribution < 1.29 is 9.53 Å². The summed E-state index contributed by atoms with van der Waals surface area (Å²) < 4.78 is 5.20. The third-order valence-corrected chi connectivity index (χ3v) is 4.79. The van der Waals surface area contributed by atoms with Gasteiger partial charge in [0.05, 0.1) is 6.61 Å². The van der Waals surface area contributed by atoms with Gasteiger partial charge in [-0.3, -0.25) is 9.69 Å². The summed E-state index contributed by atoms with van der Waals surface area (Å²) in [5, 5.41) is 0. The quantitative estimate of drug-likeness (QED) is 0.724. The Morgan fingerprint density at radius 2 is 1.75 bits per heavy atom. The second-order valence-corrected chi connectivity index (χ2v) is 6.04. The Bertz CT molecular complexity index is 295. The summed E-state index contributed by atoms with van der Waals surface area (Å²) in [4.78, 5) is 17.0. The summed E-state index contributed by atoms with van der Waals surface area (Å²) in [6, 6.07) is 0.712. The second kappa shape index (κ2) is 7.99. The average molecular weight is 282 g/mol. The highest BCUT2D eigenvalue weighted by atomic mass is 16.5. The third kappa shape index (κ3) is 3.95. The SMILES string of the molecule is CCOC(=O)C(CC)N1CCC(N2CCCCC2)CC1. The lowest BCUT2D eigenvalue weighted by molar-refractivity contribution is -0.150. The number of esters is 1. The van der Waals surface area contributed by atoms with Crippen molar-refractivity contribution in [1.29, 1.82) is 0 Å². The Morgan fingerprint density at radius 1 is 1.10 bits per heavy atom. The van der Waals surface area contributed by atoms with Gasteiger partial charge in [-0.25, -0.2) is 0 Å². The Morgan fingerprint density at radius 3 is 2.30 bits per heavy atom. The molecule has 2 aliphatic rings. The van der Waals surface area contributed by atoms with Crippen molar-refractivity contribution in [2.45, 2.75) is 64.5 Å². The van der Waals surface area contributed by atoms with Crippen LogP contribution in [0.1, 0.15) is 52.4 Å². The normalized spacial score (nSPS) is 24.5. The van der Waals surface area contributed by atoms with E-state index in [1.807, 2.05) is 6.92 Å². The molecule has 20 heavy (non-hydrogen) atoms. The molecule has 2 aliphatic heterocycles. The maximum Gasteiger partial charge on any atom is 0.323 e. The van der Waals surface area contributed by atoms with E-state index in [4.69, 9.17) is 4.74 Å². The molecule has 2 fully saturated rings. The zero-order valence-electron chi connectivity index (χ0n) is 13.1. The van der Waals surface area contributed by atoms with E-state index in [9.17, 15) is 4.79 Å². The predicted octanol–water partition coefficient (Wildman–Crippen LogP) is 2.28. The van der Waals surface area contributed by atoms with E-state index < -0.39 is 0 Å². The monoisotopic (exact) mass is 282 g/mol. The highest BCUT2D eigenvalue weighted by molar-refractivity contribution is 5.75. The van der Waals surface area contributed by atoms with E-state index in [1.165, 1.54) is 45.2 Å². The number of piperidine rings is 2. The molecule has 0 amide bonds. The highest BCUT2D eigenvalue weighted by Gasteiger charge is 2.31. The standard InChI is InChI=1S/C16H30N2O2/c1-3-15(16(19)20-4-2)18-12-8-14(9-13-18)17-10-6-5-7-11-17/h14-15H,3-13H2,1-2H3. The molecule has 4 heteroatoms. The number of nitrogens with zero attached hydrogens (tertiary/aromatic N) is 2. The van der Waals surface area contributed by atoms with E-state index in [0.29, 0.717) is 6.61 Å². The minimum Gasteiger partial charge on any atom is -0.465 e. The van der Waals surface area contributed by atoms with E-state index in [1.54, 1.807) is 0 Å². The molecule has 0 aromatic carbocycles. The second-order valence-electron chi connectivity index (χ2n) is 6.04. The molecule has 2 heterocycles. The van der Waals surface area contributed by atoms with Gasteiger partial charge in [0.25, 0.3) is 0 Å². The van der Waals surface area contributed by atoms with Crippen molar-refractivity contribution >= 4 is 5.97 Å². The van der Waals surface area contributed by atoms with Gasteiger partial charge in [0, 0.05) is 19.1 Å². The van der Waals surface area contributed by atoms with Crippen LogP contribution in [0, 0.1) is 0 Å². The van der Waals surface area contributed by atoms with Crippen LogP contribution in [0.3, 0.4) is 0 Å². The number of hydrogen-bond acceptors (Lipinski definition) is 4. The fourth-order valence-electron chi connectivity index (χ4n) is 3.66. The van der Waals surface area contributed by atoms with Crippen LogP contribution in [0.2, 0.25) is 0 Å². The Balaban J connectivity index is 1.81. The lowest BCUT2D eigenvalue weighted by Gasteiger charge is -2.41. The average Bonchev–Trinajstić information content (AvgIpc) is 2.50. The van der Waals surface area contributed by atoms with Crippen LogP contribution >= 0.6 is 0 Å². The fraction of sp³-hybridized carbons (Fsp3) is 0.938. The number of hydrogen-bond donors (Lipinski definition) is 0. The van der Waals surface area contributed by atoms with Gasteiger partial charge in [0.1, 0.15) is 6.04 Å². The van der Waals surface area contributed by atoms with Crippen LogP contribution in [0.4, 0.5) is 0 Å². The van der Waals surface area contributed by atoms with Crippen LogP contribution in [0.5, 0.6) is 0 Å². The van der Waals surface area contributed by atoms with Crippen molar-refractivity contribution in [3.8, 4) is 0 Å². The lowest BCUT2D eigenvalue weighted by atomic mass is 9.98. The summed E-state index contributed by atoms with van der Waals surface area (Å²) >= 11 is 0. The summed E-state index contributed by atoms with van der Waals surface area (Å²) in [5.74, 6) is -0.0357. The zero-order valence-corrected chi connectivity index (χ0v) is 13.1. The third-order valence-electron chi connectivity index (χ3n) is 4.79. The molecule has 116 valence electrons. The molecular weight excluding hydrogens is 252 g/mol. The number of rotatable bonds is 5. The summed E-state index contributed by atoms with van der Waals surface area (Å²) in [7, 11) is 0. The van der Waals surface area contributed by atoms with Crippen molar-refractivity contribution in [3.05, 3.63) is 0 Å². The molecule has 0 aliphatic carbocycles. The molecule has 0 aromatic rings. The summed E-state index contributed by atoms with van der Waals surface area (Å²) in [6.07, 6.45) is 7.39. The van der Waals surface area contributed by atoms with Gasteiger partial charge >= 0.3 is 5.97 Å². The minimum atomic E-state index is -0.0357. The maximum atomic E-state index is 12.0. The van der Waals surface area contributed by atoms with Gasteiger partial charge in [-0.15, -0.1) is 0 Å². The molecule has 0 N–H and O–H groups in total. The Kier molecular flexibility index (Phi) is 6.30. The topological polar surface area (TPSA) is 32.8 Å². The number of likely N-dealkylation sites (tertiary alicyclic amines) is 2. The molecule has 2 rings (SSSR count). The number of carbonyl (C=O) groups excluding carboxylic acids is 1. The molecule has 0 bridgehead atoms. The predicted molar refractivity (Wildman–Crippen MR) is 80.7 cm³/mol. The molecule has 0 saturated carbocycles. The minimum absolute atomic E-state index is 0.0303. The Hall–Kier alpha value is -0.610. The van der Waals surface area contributed by atoms with Gasteiger partial charge in [0.15, 0.2) is 0 Å². The van der Waals surface area contributed by atoms with Gasteiger partial charge in [-0.05, 0) is 52.1 Å². The van der Waals surface area contributed by atoms with Crippen LogP contribution < -0.4 is 0 Å². The molecule has 1 unspecified atom stereocenters. The molecular formula is C16H30N2O2. The van der Waals surface area contributed by atoms with Crippen LogP contribution in [0.25, 0.3) is 0 Å². The van der Waals surface area contributed by atoms with Crippen LogP contribution in [0.15, 0.2) is 0 Å². The van der Waals surface area contributed by atoms with Crippen molar-refractivity contribution in [1.82, 2.24) is 9.80 Å². The largest absolute Gasteiger partial charge is 0.465 e. The van der Waals surface area contributed by atoms with E-state index in [2.05, 4.69) is 16.7 Å². The zero-order chi connectivity index (χ0) is 14.4. The fourth-order valence-corrected chi connectivity index (χ4v) is 3.66. The molecule has 2 saturated heterocycles. The van der Waals surface area contributed by atoms with Crippen LogP contribution in [-0.2, 0) is 9.53 Å². The molecule has 0 radical (unpaired) electrons. The molecule has 4 nitrogen and oxygen atoms in total. The molecule has 1 atom stereocenters. The number of carbonyl (C=O) groups is 1. The Labute approximate surface area is 123 Å². The summed E-state index contributed by atoms with van der Waals surface area (Å²) in [6.45, 7) is 9.08. The van der Waals surface area contributed by atoms with Gasteiger partial charge < -0.3 is 9.64 Å². The summed E-state index contributed by atoms with van der Waals surface area (Å²) in [5.41, 5.74) is 0.